The molecule has 35 heavy (non-hydrogen) atoms. The van der Waals surface area contributed by atoms with Gasteiger partial charge in [0.1, 0.15) is 22.8 Å². The zero-order chi connectivity index (χ0) is 25.8. The number of ether oxygens (including phenoxy) is 2. The van der Waals surface area contributed by atoms with Crippen LogP contribution in [-0.2, 0) is 22.4 Å². The van der Waals surface area contributed by atoms with E-state index in [1.54, 1.807) is 6.07 Å². The molecule has 182 valence electrons. The molecule has 1 amide bonds. The van der Waals surface area contributed by atoms with Gasteiger partial charge in [-0.15, -0.1) is 0 Å². The first kappa shape index (κ1) is 23.8. The second-order valence-corrected chi connectivity index (χ2v) is 8.71. The number of primary amides is 1. The molecule has 0 radical (unpaired) electrons. The normalized spacial score (nSPS) is 16.1. The number of allylic oxidation sites excluding steroid dienone is 1. The van der Waals surface area contributed by atoms with Crippen LogP contribution in [0.5, 0.6) is 17.2 Å². The molecule has 0 aromatic heterocycles. The number of carbonyl (C=O) groups is 4. The van der Waals surface area contributed by atoms with E-state index in [1.807, 2.05) is 19.0 Å². The topological polar surface area (TPSA) is 156 Å². The molecule has 0 saturated heterocycles. The molecule has 2 aliphatic rings. The SMILES string of the molecule is CC(=O)Oc1ccc(N(C)C)c2c1C(=O)C1=C(O)c3c(cc(O)c(C(N)=O)c3OC(C)=O)CC1C2. The number of nitrogens with two attached hydrogens (primary N) is 1. The number of fused-ring (bicyclic) bond motifs is 3. The second kappa shape index (κ2) is 8.46. The van der Waals surface area contributed by atoms with Crippen molar-refractivity contribution in [2.45, 2.75) is 26.7 Å². The van der Waals surface area contributed by atoms with Crippen molar-refractivity contribution in [2.75, 3.05) is 19.0 Å². The number of aromatic hydroxyl groups is 1. The molecule has 0 bridgehead atoms. The minimum atomic E-state index is -1.07. The van der Waals surface area contributed by atoms with Gasteiger partial charge in [-0.05, 0) is 48.1 Å². The molecule has 2 aromatic rings. The van der Waals surface area contributed by atoms with Crippen molar-refractivity contribution in [2.24, 2.45) is 11.7 Å². The van der Waals surface area contributed by atoms with Gasteiger partial charge in [0.15, 0.2) is 11.5 Å². The minimum Gasteiger partial charge on any atom is -0.507 e. The van der Waals surface area contributed by atoms with Crippen LogP contribution < -0.4 is 20.1 Å². The fourth-order valence-electron chi connectivity index (χ4n) is 4.87. The van der Waals surface area contributed by atoms with Crippen molar-refractivity contribution in [1.82, 2.24) is 0 Å². The van der Waals surface area contributed by atoms with Crippen molar-refractivity contribution in [3.05, 3.63) is 51.6 Å². The number of hydrogen-bond donors (Lipinski definition) is 3. The standard InChI is InChI=1S/C25H24N2O8/c1-10(28)34-17-6-5-15(27(3)4)14-8-12-7-13-9-16(30)21(25(26)33)24(35-11(2)29)19(13)22(31)18(12)23(32)20(14)17/h5-6,9,12,30-31H,7-8H2,1-4H3,(H2,26,33). The third kappa shape index (κ3) is 3.86. The number of aliphatic hydroxyl groups excluding tert-OH is 1. The fourth-order valence-corrected chi connectivity index (χ4v) is 4.87. The Morgan fingerprint density at radius 2 is 1.69 bits per heavy atom. The van der Waals surface area contributed by atoms with E-state index in [1.165, 1.54) is 19.1 Å². The predicted molar refractivity (Wildman–Crippen MR) is 125 cm³/mol. The van der Waals surface area contributed by atoms with Gasteiger partial charge in [-0.25, -0.2) is 0 Å². The number of ketones is 1. The summed E-state index contributed by atoms with van der Waals surface area (Å²) in [6, 6.07) is 4.55. The van der Waals surface area contributed by atoms with E-state index in [9.17, 15) is 29.4 Å². The molecular formula is C25H24N2O8. The number of aliphatic hydroxyl groups is 1. The Hall–Kier alpha value is -4.34. The number of anilines is 1. The van der Waals surface area contributed by atoms with Crippen LogP contribution >= 0.6 is 0 Å². The largest absolute Gasteiger partial charge is 0.507 e. The van der Waals surface area contributed by atoms with E-state index >= 15 is 0 Å². The first-order valence-electron chi connectivity index (χ1n) is 10.8. The van der Waals surface area contributed by atoms with Gasteiger partial charge in [0.2, 0.25) is 0 Å². The zero-order valence-corrected chi connectivity index (χ0v) is 19.6. The average molecular weight is 480 g/mol. The third-order valence-electron chi connectivity index (χ3n) is 6.11. The van der Waals surface area contributed by atoms with Crippen LogP contribution in [-0.4, -0.2) is 47.9 Å². The number of rotatable bonds is 4. The van der Waals surface area contributed by atoms with Crippen LogP contribution in [0, 0.1) is 5.92 Å². The Labute approximate surface area is 200 Å². The lowest BCUT2D eigenvalue weighted by Gasteiger charge is -2.35. The van der Waals surface area contributed by atoms with Crippen molar-refractivity contribution in [3.8, 4) is 17.2 Å². The monoisotopic (exact) mass is 480 g/mol. The van der Waals surface area contributed by atoms with Gasteiger partial charge in [0, 0.05) is 39.2 Å². The highest BCUT2D eigenvalue weighted by molar-refractivity contribution is 6.18. The summed E-state index contributed by atoms with van der Waals surface area (Å²) in [5, 5.41) is 21.8. The van der Waals surface area contributed by atoms with Gasteiger partial charge >= 0.3 is 11.9 Å². The van der Waals surface area contributed by atoms with Gasteiger partial charge < -0.3 is 30.3 Å². The number of hydrogen-bond acceptors (Lipinski definition) is 9. The zero-order valence-electron chi connectivity index (χ0n) is 19.6. The summed E-state index contributed by atoms with van der Waals surface area (Å²) >= 11 is 0. The van der Waals surface area contributed by atoms with Crippen LogP contribution in [0.4, 0.5) is 5.69 Å². The summed E-state index contributed by atoms with van der Waals surface area (Å²) in [4.78, 5) is 51.1. The summed E-state index contributed by atoms with van der Waals surface area (Å²) in [6.45, 7) is 2.31. The van der Waals surface area contributed by atoms with E-state index < -0.39 is 52.4 Å². The third-order valence-corrected chi connectivity index (χ3v) is 6.11. The summed E-state index contributed by atoms with van der Waals surface area (Å²) in [6.07, 6.45) is 0.523. The van der Waals surface area contributed by atoms with Crippen LogP contribution in [0.1, 0.15) is 51.3 Å². The molecule has 0 saturated carbocycles. The Morgan fingerprint density at radius 1 is 1.03 bits per heavy atom. The predicted octanol–water partition coefficient (Wildman–Crippen LogP) is 2.29. The van der Waals surface area contributed by atoms with E-state index in [4.69, 9.17) is 15.2 Å². The number of amides is 1. The van der Waals surface area contributed by atoms with Gasteiger partial charge in [-0.2, -0.15) is 0 Å². The Balaban J connectivity index is 2.01. The summed E-state index contributed by atoms with van der Waals surface area (Å²) in [7, 11) is 3.64. The Kier molecular flexibility index (Phi) is 5.75. The first-order valence-corrected chi connectivity index (χ1v) is 10.8. The summed E-state index contributed by atoms with van der Waals surface area (Å²) < 4.78 is 10.5. The first-order chi connectivity index (χ1) is 16.4. The molecule has 0 spiro atoms. The fraction of sp³-hybridized carbons (Fsp3) is 0.280. The molecule has 2 aliphatic carbocycles. The number of carbonyl (C=O) groups excluding carboxylic acids is 4. The highest BCUT2D eigenvalue weighted by atomic mass is 16.5. The molecule has 0 heterocycles. The lowest BCUT2D eigenvalue weighted by Crippen LogP contribution is -2.32. The van der Waals surface area contributed by atoms with Gasteiger partial charge in [-0.3, -0.25) is 19.2 Å². The second-order valence-electron chi connectivity index (χ2n) is 8.71. The van der Waals surface area contributed by atoms with Gasteiger partial charge in [-0.1, -0.05) is 0 Å². The molecule has 0 aliphatic heterocycles. The highest BCUT2D eigenvalue weighted by Crippen LogP contribution is 2.49. The molecule has 0 fully saturated rings. The molecule has 1 atom stereocenters. The number of benzene rings is 2. The van der Waals surface area contributed by atoms with Crippen LogP contribution in [0.25, 0.3) is 5.76 Å². The molecule has 10 heteroatoms. The van der Waals surface area contributed by atoms with Crippen molar-refractivity contribution < 1.29 is 38.9 Å². The van der Waals surface area contributed by atoms with Crippen molar-refractivity contribution >= 4 is 35.1 Å². The van der Waals surface area contributed by atoms with Crippen LogP contribution in [0.3, 0.4) is 0 Å². The number of Topliss-reactive ketones (excluding diaryl/α,β-unsaturated/α-hetero) is 1. The Bertz CT molecular complexity index is 1360. The van der Waals surface area contributed by atoms with Crippen LogP contribution in [0.2, 0.25) is 0 Å². The number of nitrogens with zero attached hydrogens (tertiary/aromatic N) is 1. The lowest BCUT2D eigenvalue weighted by molar-refractivity contribution is -0.132. The molecule has 10 nitrogen and oxygen atoms in total. The van der Waals surface area contributed by atoms with Crippen molar-refractivity contribution in [1.29, 1.82) is 0 Å². The molecule has 4 N–H and O–H groups in total. The highest BCUT2D eigenvalue weighted by Gasteiger charge is 2.42. The van der Waals surface area contributed by atoms with Gasteiger partial charge in [0.05, 0.1) is 11.1 Å². The molecule has 4 rings (SSSR count). The quantitative estimate of drug-likeness (QED) is 0.441. The van der Waals surface area contributed by atoms with E-state index in [-0.39, 0.29) is 28.9 Å². The smallest absolute Gasteiger partial charge is 0.308 e. The molecule has 1 unspecified atom stereocenters. The van der Waals surface area contributed by atoms with Crippen molar-refractivity contribution in [3.63, 3.8) is 0 Å². The van der Waals surface area contributed by atoms with Crippen LogP contribution in [0.15, 0.2) is 23.8 Å². The number of phenols is 1. The van der Waals surface area contributed by atoms with Gasteiger partial charge in [0.25, 0.3) is 5.91 Å². The van der Waals surface area contributed by atoms with E-state index in [0.717, 1.165) is 12.6 Å². The number of esters is 2. The molecular weight excluding hydrogens is 456 g/mol. The maximum Gasteiger partial charge on any atom is 0.308 e. The summed E-state index contributed by atoms with van der Waals surface area (Å²) in [5.41, 5.74) is 6.82. The van der Waals surface area contributed by atoms with E-state index in [2.05, 4.69) is 0 Å². The maximum absolute atomic E-state index is 13.8. The lowest BCUT2D eigenvalue weighted by atomic mass is 9.70. The average Bonchev–Trinajstić information content (AvgIpc) is 2.71. The molecule has 2 aromatic carbocycles. The van der Waals surface area contributed by atoms with E-state index in [0.29, 0.717) is 17.5 Å². The minimum absolute atomic E-state index is 0.0313. The summed E-state index contributed by atoms with van der Waals surface area (Å²) in [5.74, 6) is -4.87. The Morgan fingerprint density at radius 3 is 2.26 bits per heavy atom. The maximum atomic E-state index is 13.8.